The van der Waals surface area contributed by atoms with Gasteiger partial charge in [-0.3, -0.25) is 4.68 Å². The molecule has 1 aliphatic heterocycles. The molecule has 3 heteroatoms. The predicted octanol–water partition coefficient (Wildman–Crippen LogP) is 1.60. The van der Waals surface area contributed by atoms with Crippen molar-refractivity contribution in [2.24, 2.45) is 18.9 Å². The van der Waals surface area contributed by atoms with Crippen LogP contribution in [0.5, 0.6) is 0 Å². The third-order valence-electron chi connectivity index (χ3n) is 3.66. The van der Waals surface area contributed by atoms with Crippen molar-refractivity contribution in [3.63, 3.8) is 0 Å². The van der Waals surface area contributed by atoms with Crippen LogP contribution in [0.1, 0.15) is 25.5 Å². The van der Waals surface area contributed by atoms with Crippen LogP contribution in [-0.4, -0.2) is 22.9 Å². The van der Waals surface area contributed by atoms with Crippen LogP contribution in [0.25, 0.3) is 0 Å². The van der Waals surface area contributed by atoms with Gasteiger partial charge in [0.15, 0.2) is 0 Å². The summed E-state index contributed by atoms with van der Waals surface area (Å²) >= 11 is 0. The Morgan fingerprint density at radius 2 is 2.47 bits per heavy atom. The minimum atomic E-state index is 0.826. The van der Waals surface area contributed by atoms with Crippen molar-refractivity contribution < 1.29 is 0 Å². The van der Waals surface area contributed by atoms with Gasteiger partial charge in [0.1, 0.15) is 0 Å². The Labute approximate surface area is 91.9 Å². The number of nitrogens with one attached hydrogen (secondary N) is 1. The highest BCUT2D eigenvalue weighted by atomic mass is 15.2. The second-order valence-corrected chi connectivity index (χ2v) is 4.71. The Bertz CT molecular complexity index is 306. The zero-order valence-electron chi connectivity index (χ0n) is 9.74. The number of aromatic nitrogens is 2. The molecule has 1 aliphatic rings. The minimum Gasteiger partial charge on any atom is -0.316 e. The molecule has 0 saturated carbocycles. The summed E-state index contributed by atoms with van der Waals surface area (Å²) in [5.74, 6) is 1.72. The van der Waals surface area contributed by atoms with E-state index < -0.39 is 0 Å². The number of rotatable bonds is 3. The van der Waals surface area contributed by atoms with Gasteiger partial charge < -0.3 is 5.32 Å². The third-order valence-corrected chi connectivity index (χ3v) is 3.66. The monoisotopic (exact) mass is 207 g/mol. The van der Waals surface area contributed by atoms with Crippen molar-refractivity contribution >= 4 is 0 Å². The van der Waals surface area contributed by atoms with Crippen molar-refractivity contribution in [3.8, 4) is 0 Å². The minimum absolute atomic E-state index is 0.826. The second-order valence-electron chi connectivity index (χ2n) is 4.71. The van der Waals surface area contributed by atoms with Gasteiger partial charge in [-0.1, -0.05) is 6.92 Å². The Balaban J connectivity index is 1.84. The molecule has 15 heavy (non-hydrogen) atoms. The van der Waals surface area contributed by atoms with Gasteiger partial charge >= 0.3 is 0 Å². The SMILES string of the molecule is CC1CNCCC1CCc1ccnn1C. The van der Waals surface area contributed by atoms with Gasteiger partial charge in [0.25, 0.3) is 0 Å². The Hall–Kier alpha value is -0.830. The van der Waals surface area contributed by atoms with Crippen LogP contribution < -0.4 is 5.32 Å². The Morgan fingerprint density at radius 3 is 3.13 bits per heavy atom. The summed E-state index contributed by atoms with van der Waals surface area (Å²) < 4.78 is 1.99. The van der Waals surface area contributed by atoms with Crippen LogP contribution in [0, 0.1) is 11.8 Å². The summed E-state index contributed by atoms with van der Waals surface area (Å²) in [5.41, 5.74) is 1.36. The molecule has 2 rings (SSSR count). The molecule has 1 fully saturated rings. The molecule has 0 bridgehead atoms. The highest BCUT2D eigenvalue weighted by Gasteiger charge is 2.20. The van der Waals surface area contributed by atoms with Crippen molar-refractivity contribution in [3.05, 3.63) is 18.0 Å². The topological polar surface area (TPSA) is 29.9 Å². The molecule has 2 atom stereocenters. The zero-order valence-corrected chi connectivity index (χ0v) is 9.74. The molecule has 0 amide bonds. The highest BCUT2D eigenvalue weighted by molar-refractivity contribution is 5.00. The van der Waals surface area contributed by atoms with Crippen molar-refractivity contribution in [1.29, 1.82) is 0 Å². The van der Waals surface area contributed by atoms with E-state index in [2.05, 4.69) is 23.4 Å². The number of hydrogen-bond acceptors (Lipinski definition) is 2. The van der Waals surface area contributed by atoms with E-state index in [0.717, 1.165) is 11.8 Å². The Kier molecular flexibility index (Phi) is 3.41. The summed E-state index contributed by atoms with van der Waals surface area (Å²) in [6, 6.07) is 2.13. The van der Waals surface area contributed by atoms with E-state index in [1.807, 2.05) is 17.9 Å². The summed E-state index contributed by atoms with van der Waals surface area (Å²) in [6.07, 6.45) is 5.70. The molecule has 1 aromatic rings. The molecular formula is C12H21N3. The molecule has 1 aromatic heterocycles. The molecular weight excluding hydrogens is 186 g/mol. The quantitative estimate of drug-likeness (QED) is 0.816. The first-order valence-electron chi connectivity index (χ1n) is 5.95. The van der Waals surface area contributed by atoms with E-state index in [4.69, 9.17) is 0 Å². The molecule has 2 heterocycles. The molecule has 1 saturated heterocycles. The highest BCUT2D eigenvalue weighted by Crippen LogP contribution is 2.23. The zero-order chi connectivity index (χ0) is 10.7. The van der Waals surface area contributed by atoms with Crippen molar-refractivity contribution in [2.45, 2.75) is 26.2 Å². The van der Waals surface area contributed by atoms with E-state index in [0.29, 0.717) is 0 Å². The van der Waals surface area contributed by atoms with E-state index in [1.165, 1.54) is 38.0 Å². The maximum Gasteiger partial charge on any atom is 0.0492 e. The first kappa shape index (κ1) is 10.7. The fourth-order valence-electron chi connectivity index (χ4n) is 2.48. The molecule has 2 unspecified atom stereocenters. The molecule has 84 valence electrons. The molecule has 0 radical (unpaired) electrons. The van der Waals surface area contributed by atoms with Crippen LogP contribution in [0.2, 0.25) is 0 Å². The number of nitrogens with zero attached hydrogens (tertiary/aromatic N) is 2. The third kappa shape index (κ3) is 2.59. The number of aryl methyl sites for hydroxylation is 2. The van der Waals surface area contributed by atoms with Crippen LogP contribution in [0.4, 0.5) is 0 Å². The first-order valence-corrected chi connectivity index (χ1v) is 5.95. The standard InChI is InChI=1S/C12H21N3/c1-10-9-13-7-5-11(10)3-4-12-6-8-14-15(12)2/h6,8,10-11,13H,3-5,7,9H2,1-2H3. The normalized spacial score (nSPS) is 26.8. The second kappa shape index (κ2) is 4.79. The average Bonchev–Trinajstić information content (AvgIpc) is 2.63. The van der Waals surface area contributed by atoms with E-state index in [1.54, 1.807) is 0 Å². The molecule has 0 spiro atoms. The number of piperidine rings is 1. The van der Waals surface area contributed by atoms with Gasteiger partial charge in [-0.25, -0.2) is 0 Å². The fourth-order valence-corrected chi connectivity index (χ4v) is 2.48. The van der Waals surface area contributed by atoms with Crippen LogP contribution in [0.3, 0.4) is 0 Å². The maximum absolute atomic E-state index is 4.20. The summed E-state index contributed by atoms with van der Waals surface area (Å²) in [6.45, 7) is 4.75. The van der Waals surface area contributed by atoms with E-state index >= 15 is 0 Å². The van der Waals surface area contributed by atoms with Crippen LogP contribution in [-0.2, 0) is 13.5 Å². The van der Waals surface area contributed by atoms with Crippen LogP contribution >= 0.6 is 0 Å². The van der Waals surface area contributed by atoms with Gasteiger partial charge in [-0.05, 0) is 50.3 Å². The largest absolute Gasteiger partial charge is 0.316 e. The molecule has 0 aliphatic carbocycles. The van der Waals surface area contributed by atoms with Crippen molar-refractivity contribution in [2.75, 3.05) is 13.1 Å². The summed E-state index contributed by atoms with van der Waals surface area (Å²) in [7, 11) is 2.03. The van der Waals surface area contributed by atoms with Gasteiger partial charge in [0.05, 0.1) is 0 Å². The molecule has 3 nitrogen and oxygen atoms in total. The summed E-state index contributed by atoms with van der Waals surface area (Å²) in [5, 5.41) is 7.66. The van der Waals surface area contributed by atoms with Crippen LogP contribution in [0.15, 0.2) is 12.3 Å². The van der Waals surface area contributed by atoms with E-state index in [9.17, 15) is 0 Å². The van der Waals surface area contributed by atoms with Gasteiger partial charge in [0, 0.05) is 18.9 Å². The maximum atomic E-state index is 4.20. The van der Waals surface area contributed by atoms with Gasteiger partial charge in [-0.15, -0.1) is 0 Å². The Morgan fingerprint density at radius 1 is 1.60 bits per heavy atom. The average molecular weight is 207 g/mol. The lowest BCUT2D eigenvalue weighted by molar-refractivity contribution is 0.257. The van der Waals surface area contributed by atoms with E-state index in [-0.39, 0.29) is 0 Å². The van der Waals surface area contributed by atoms with Crippen molar-refractivity contribution in [1.82, 2.24) is 15.1 Å². The lowest BCUT2D eigenvalue weighted by Gasteiger charge is -2.29. The first-order chi connectivity index (χ1) is 7.27. The lowest BCUT2D eigenvalue weighted by Crippen LogP contribution is -2.35. The lowest BCUT2D eigenvalue weighted by atomic mass is 9.84. The fraction of sp³-hybridized carbons (Fsp3) is 0.750. The van der Waals surface area contributed by atoms with Gasteiger partial charge in [-0.2, -0.15) is 5.10 Å². The predicted molar refractivity (Wildman–Crippen MR) is 61.7 cm³/mol. The smallest absolute Gasteiger partial charge is 0.0492 e. The number of hydrogen-bond donors (Lipinski definition) is 1. The van der Waals surface area contributed by atoms with Gasteiger partial charge in [0.2, 0.25) is 0 Å². The molecule has 0 aromatic carbocycles. The summed E-state index contributed by atoms with van der Waals surface area (Å²) in [4.78, 5) is 0. The molecule has 1 N–H and O–H groups in total.